The van der Waals surface area contributed by atoms with Gasteiger partial charge >= 0.3 is 0 Å². The monoisotopic (exact) mass is 359 g/mol. The van der Waals surface area contributed by atoms with Gasteiger partial charge < -0.3 is 15.2 Å². The van der Waals surface area contributed by atoms with Crippen molar-refractivity contribution < 1.29 is 9.32 Å². The molecule has 1 saturated heterocycles. The average molecular weight is 359 g/mol. The van der Waals surface area contributed by atoms with E-state index in [0.29, 0.717) is 24.2 Å². The number of carbonyl (C=O) groups excluding carboxylic acids is 1. The normalized spacial score (nSPS) is 36.7. The van der Waals surface area contributed by atoms with E-state index in [0.717, 1.165) is 63.2 Å². The molecule has 2 heterocycles. The average Bonchev–Trinajstić information content (AvgIpc) is 3.08. The van der Waals surface area contributed by atoms with Crippen molar-refractivity contribution >= 4 is 5.91 Å². The minimum Gasteiger partial charge on any atom is -0.340 e. The summed E-state index contributed by atoms with van der Waals surface area (Å²) in [5.74, 6) is 4.09. The number of nitrogens with two attached hydrogens (primary N) is 1. The molecule has 1 aromatic heterocycles. The molecular weight excluding hydrogens is 330 g/mol. The van der Waals surface area contributed by atoms with Gasteiger partial charge in [-0.2, -0.15) is 4.98 Å². The van der Waals surface area contributed by atoms with E-state index < -0.39 is 0 Å². The molecule has 5 fully saturated rings. The third-order valence-corrected chi connectivity index (χ3v) is 7.20. The second-order valence-electron chi connectivity index (χ2n) is 9.07. The van der Waals surface area contributed by atoms with Crippen molar-refractivity contribution in [2.75, 3.05) is 26.2 Å². The van der Waals surface area contributed by atoms with Crippen molar-refractivity contribution in [1.82, 2.24) is 19.9 Å². The number of aromatic nitrogens is 2. The molecule has 5 aliphatic rings. The van der Waals surface area contributed by atoms with E-state index in [1.54, 1.807) is 0 Å². The molecule has 0 radical (unpaired) electrons. The maximum Gasteiger partial charge on any atom is 0.240 e. The van der Waals surface area contributed by atoms with Gasteiger partial charge in [0.1, 0.15) is 0 Å². The fourth-order valence-electron chi connectivity index (χ4n) is 6.45. The maximum atomic E-state index is 13.4. The standard InChI is InChI=1S/C19H29N5O2/c20-11-17-21-16(22-26-17)12-23-1-3-24(4-2-23)18(25)19-8-13-5-14(9-19)7-15(6-13)10-19/h13-15H,1-12,20H2. The zero-order valence-corrected chi connectivity index (χ0v) is 15.4. The van der Waals surface area contributed by atoms with E-state index in [1.807, 2.05) is 0 Å². The first-order valence-electron chi connectivity index (χ1n) is 10.2. The van der Waals surface area contributed by atoms with Crippen LogP contribution in [0.1, 0.15) is 50.2 Å². The van der Waals surface area contributed by atoms with Gasteiger partial charge in [-0.25, -0.2) is 0 Å². The van der Waals surface area contributed by atoms with Crippen molar-refractivity contribution in [3.8, 4) is 0 Å². The number of piperazine rings is 1. The summed E-state index contributed by atoms with van der Waals surface area (Å²) in [6.07, 6.45) is 7.62. The highest BCUT2D eigenvalue weighted by atomic mass is 16.5. The first-order chi connectivity index (χ1) is 12.6. The summed E-state index contributed by atoms with van der Waals surface area (Å²) in [5, 5.41) is 3.97. The number of hydrogen-bond acceptors (Lipinski definition) is 6. The second-order valence-corrected chi connectivity index (χ2v) is 9.07. The molecule has 0 unspecified atom stereocenters. The van der Waals surface area contributed by atoms with Gasteiger partial charge in [0, 0.05) is 26.2 Å². The smallest absolute Gasteiger partial charge is 0.240 e. The van der Waals surface area contributed by atoms with Crippen molar-refractivity contribution in [2.24, 2.45) is 28.9 Å². The minimum atomic E-state index is -0.0133. The summed E-state index contributed by atoms with van der Waals surface area (Å²) in [6.45, 7) is 4.35. The molecule has 0 spiro atoms. The number of amides is 1. The molecule has 2 N–H and O–H groups in total. The summed E-state index contributed by atoms with van der Waals surface area (Å²) in [5.41, 5.74) is 5.50. The van der Waals surface area contributed by atoms with Crippen LogP contribution >= 0.6 is 0 Å². The molecule has 4 bridgehead atoms. The van der Waals surface area contributed by atoms with Crippen molar-refractivity contribution in [3.05, 3.63) is 11.7 Å². The predicted octanol–water partition coefficient (Wildman–Crippen LogP) is 1.39. The topological polar surface area (TPSA) is 88.5 Å². The molecule has 0 atom stereocenters. The lowest BCUT2D eigenvalue weighted by atomic mass is 9.49. The van der Waals surface area contributed by atoms with E-state index in [4.69, 9.17) is 10.3 Å². The molecule has 4 saturated carbocycles. The van der Waals surface area contributed by atoms with E-state index in [-0.39, 0.29) is 12.0 Å². The van der Waals surface area contributed by atoms with Gasteiger partial charge in [0.2, 0.25) is 11.8 Å². The lowest BCUT2D eigenvalue weighted by Crippen LogP contribution is -2.58. The van der Waals surface area contributed by atoms with Crippen LogP contribution in [0.4, 0.5) is 0 Å². The quantitative estimate of drug-likeness (QED) is 0.874. The van der Waals surface area contributed by atoms with E-state index in [2.05, 4.69) is 19.9 Å². The number of carbonyl (C=O) groups is 1. The van der Waals surface area contributed by atoms with Crippen molar-refractivity contribution in [3.63, 3.8) is 0 Å². The molecule has 1 amide bonds. The van der Waals surface area contributed by atoms with Crippen LogP contribution in [-0.2, 0) is 17.9 Å². The third kappa shape index (κ3) is 2.85. The Hall–Kier alpha value is -1.47. The zero-order valence-electron chi connectivity index (χ0n) is 15.4. The zero-order chi connectivity index (χ0) is 17.7. The predicted molar refractivity (Wildman–Crippen MR) is 94.7 cm³/mol. The highest BCUT2D eigenvalue weighted by Crippen LogP contribution is 2.60. The Balaban J connectivity index is 1.20. The Labute approximate surface area is 154 Å². The lowest BCUT2D eigenvalue weighted by molar-refractivity contribution is -0.159. The van der Waals surface area contributed by atoms with Crippen LogP contribution in [0, 0.1) is 23.2 Å². The highest BCUT2D eigenvalue weighted by Gasteiger charge is 2.55. The Morgan fingerprint density at radius 3 is 2.23 bits per heavy atom. The van der Waals surface area contributed by atoms with Gasteiger partial charge in [-0.1, -0.05) is 5.16 Å². The minimum absolute atomic E-state index is 0.0133. The van der Waals surface area contributed by atoms with Crippen LogP contribution in [0.25, 0.3) is 0 Å². The first kappa shape index (κ1) is 16.7. The van der Waals surface area contributed by atoms with Crippen LogP contribution in [0.2, 0.25) is 0 Å². The highest BCUT2D eigenvalue weighted by molar-refractivity contribution is 5.83. The van der Waals surface area contributed by atoms with E-state index >= 15 is 0 Å². The molecule has 26 heavy (non-hydrogen) atoms. The Morgan fingerprint density at radius 2 is 1.69 bits per heavy atom. The molecule has 7 nitrogen and oxygen atoms in total. The van der Waals surface area contributed by atoms with Crippen LogP contribution in [0.3, 0.4) is 0 Å². The number of rotatable bonds is 4. The molecule has 6 rings (SSSR count). The van der Waals surface area contributed by atoms with Gasteiger partial charge in [-0.05, 0) is 56.3 Å². The van der Waals surface area contributed by atoms with Crippen LogP contribution in [0.5, 0.6) is 0 Å². The van der Waals surface area contributed by atoms with E-state index in [9.17, 15) is 4.79 Å². The molecule has 1 aromatic rings. The Bertz CT molecular complexity index is 644. The van der Waals surface area contributed by atoms with Crippen LogP contribution < -0.4 is 5.73 Å². The molecule has 142 valence electrons. The molecular formula is C19H29N5O2. The maximum absolute atomic E-state index is 13.4. The SMILES string of the molecule is NCc1nc(CN2CCN(C(=O)C34CC5CC(CC(C5)C3)C4)CC2)no1. The third-order valence-electron chi connectivity index (χ3n) is 7.20. The van der Waals surface area contributed by atoms with Crippen molar-refractivity contribution in [1.29, 1.82) is 0 Å². The summed E-state index contributed by atoms with van der Waals surface area (Å²) < 4.78 is 5.08. The van der Waals surface area contributed by atoms with Gasteiger partial charge in [0.05, 0.1) is 18.5 Å². The van der Waals surface area contributed by atoms with Crippen LogP contribution in [-0.4, -0.2) is 52.0 Å². The summed E-state index contributed by atoms with van der Waals surface area (Å²) in [7, 11) is 0. The van der Waals surface area contributed by atoms with Crippen LogP contribution in [0.15, 0.2) is 4.52 Å². The molecule has 0 aromatic carbocycles. The Morgan fingerprint density at radius 1 is 1.08 bits per heavy atom. The van der Waals surface area contributed by atoms with Gasteiger partial charge in [0.15, 0.2) is 5.82 Å². The molecule has 4 aliphatic carbocycles. The van der Waals surface area contributed by atoms with Gasteiger partial charge in [-0.3, -0.25) is 9.69 Å². The molecule has 7 heteroatoms. The first-order valence-corrected chi connectivity index (χ1v) is 10.2. The number of nitrogens with zero attached hydrogens (tertiary/aromatic N) is 4. The fraction of sp³-hybridized carbons (Fsp3) is 0.842. The summed E-state index contributed by atoms with van der Waals surface area (Å²) in [6, 6.07) is 0. The van der Waals surface area contributed by atoms with Gasteiger partial charge in [0.25, 0.3) is 0 Å². The summed E-state index contributed by atoms with van der Waals surface area (Å²) in [4.78, 5) is 22.1. The van der Waals surface area contributed by atoms with Crippen molar-refractivity contribution in [2.45, 2.75) is 51.6 Å². The van der Waals surface area contributed by atoms with E-state index in [1.165, 1.54) is 19.3 Å². The largest absolute Gasteiger partial charge is 0.340 e. The van der Waals surface area contributed by atoms with Gasteiger partial charge in [-0.15, -0.1) is 0 Å². The molecule has 1 aliphatic heterocycles. The Kier molecular flexibility index (Phi) is 4.05. The summed E-state index contributed by atoms with van der Waals surface area (Å²) >= 11 is 0. The second kappa shape index (κ2) is 6.30. The fourth-order valence-corrected chi connectivity index (χ4v) is 6.45. The lowest BCUT2D eigenvalue weighted by Gasteiger charge is -2.57. The number of hydrogen-bond donors (Lipinski definition) is 1.